The number of carbonyl (C=O) groups excluding carboxylic acids is 1. The third-order valence-electron chi connectivity index (χ3n) is 5.46. The van der Waals surface area contributed by atoms with Crippen molar-refractivity contribution in [3.8, 4) is 0 Å². The third-order valence-corrected chi connectivity index (χ3v) is 6.32. The zero-order valence-electron chi connectivity index (χ0n) is 11.8. The summed E-state index contributed by atoms with van der Waals surface area (Å²) in [6.07, 6.45) is 10.5. The smallest absolute Gasteiger partial charge is 0.220 e. The minimum Gasteiger partial charge on any atom is -0.347 e. The average molecular weight is 290 g/mol. The number of amides is 1. The predicted octanol–water partition coefficient (Wildman–Crippen LogP) is 3.54. The van der Waals surface area contributed by atoms with Gasteiger partial charge in [-0.15, -0.1) is 11.3 Å². The van der Waals surface area contributed by atoms with Gasteiger partial charge >= 0.3 is 0 Å². The quantitative estimate of drug-likeness (QED) is 0.901. The molecule has 20 heavy (non-hydrogen) atoms. The molecule has 4 heteroatoms. The first-order valence-electron chi connectivity index (χ1n) is 7.98. The molecule has 0 aliphatic heterocycles. The van der Waals surface area contributed by atoms with Crippen molar-refractivity contribution >= 4 is 17.2 Å². The zero-order chi connectivity index (χ0) is 13.5. The van der Waals surface area contributed by atoms with Crippen LogP contribution in [0, 0.1) is 23.7 Å². The maximum absolute atomic E-state index is 12.4. The number of fused-ring (bicyclic) bond motifs is 2. The van der Waals surface area contributed by atoms with E-state index in [0.717, 1.165) is 23.3 Å². The fraction of sp³-hybridized carbons (Fsp3) is 0.750. The number of carbonyl (C=O) groups is 1. The Morgan fingerprint density at radius 1 is 1.35 bits per heavy atom. The van der Waals surface area contributed by atoms with Gasteiger partial charge in [-0.25, -0.2) is 4.98 Å². The SMILES string of the molecule is O=C(C[C@H]1C[C@H]2CC[C@H]1C2)N[C@@H](c1nccs1)C1CC1. The Kier molecular flexibility index (Phi) is 3.29. The maximum atomic E-state index is 12.4. The molecule has 3 nitrogen and oxygen atoms in total. The second kappa shape index (κ2) is 5.14. The number of nitrogens with zero attached hydrogens (tertiary/aromatic N) is 1. The highest BCUT2D eigenvalue weighted by molar-refractivity contribution is 7.09. The van der Waals surface area contributed by atoms with Crippen LogP contribution < -0.4 is 5.32 Å². The molecule has 1 aromatic heterocycles. The summed E-state index contributed by atoms with van der Waals surface area (Å²) < 4.78 is 0. The lowest BCUT2D eigenvalue weighted by Crippen LogP contribution is -2.32. The van der Waals surface area contributed by atoms with Crippen molar-refractivity contribution in [3.05, 3.63) is 16.6 Å². The molecule has 108 valence electrons. The molecule has 1 N–H and O–H groups in total. The summed E-state index contributed by atoms with van der Waals surface area (Å²) in [6.45, 7) is 0. The summed E-state index contributed by atoms with van der Waals surface area (Å²) >= 11 is 1.67. The summed E-state index contributed by atoms with van der Waals surface area (Å²) in [7, 11) is 0. The monoisotopic (exact) mass is 290 g/mol. The minimum atomic E-state index is 0.182. The largest absolute Gasteiger partial charge is 0.347 e. The van der Waals surface area contributed by atoms with E-state index in [1.807, 2.05) is 11.6 Å². The van der Waals surface area contributed by atoms with Crippen LogP contribution in [0.1, 0.15) is 56.0 Å². The van der Waals surface area contributed by atoms with E-state index in [1.54, 1.807) is 11.3 Å². The van der Waals surface area contributed by atoms with Gasteiger partial charge in [0.05, 0.1) is 6.04 Å². The molecular weight excluding hydrogens is 268 g/mol. The van der Waals surface area contributed by atoms with Crippen molar-refractivity contribution in [3.63, 3.8) is 0 Å². The highest BCUT2D eigenvalue weighted by Gasteiger charge is 2.41. The molecule has 2 bridgehead atoms. The Bertz CT molecular complexity index is 483. The van der Waals surface area contributed by atoms with E-state index in [2.05, 4.69) is 10.3 Å². The van der Waals surface area contributed by atoms with E-state index in [0.29, 0.717) is 11.8 Å². The second-order valence-corrected chi connectivity index (χ2v) is 7.82. The first kappa shape index (κ1) is 12.8. The second-order valence-electron chi connectivity index (χ2n) is 6.89. The van der Waals surface area contributed by atoms with E-state index < -0.39 is 0 Å². The molecule has 0 unspecified atom stereocenters. The minimum absolute atomic E-state index is 0.182. The molecule has 3 fully saturated rings. The summed E-state index contributed by atoms with van der Waals surface area (Å²) in [5, 5.41) is 6.37. The molecule has 1 aromatic rings. The van der Waals surface area contributed by atoms with Gasteiger partial charge in [-0.1, -0.05) is 6.42 Å². The van der Waals surface area contributed by atoms with E-state index in [-0.39, 0.29) is 11.9 Å². The summed E-state index contributed by atoms with van der Waals surface area (Å²) in [5.74, 6) is 3.31. The van der Waals surface area contributed by atoms with Gasteiger partial charge in [0.25, 0.3) is 0 Å². The fourth-order valence-electron chi connectivity index (χ4n) is 4.30. The first-order chi connectivity index (χ1) is 9.79. The standard InChI is InChI=1S/C16H22N2OS/c19-14(9-13-8-10-1-2-12(13)7-10)18-15(11-3-4-11)16-17-5-6-20-16/h5-6,10-13,15H,1-4,7-9H2,(H,18,19)/t10-,12-,13+,15+/m0/s1. The van der Waals surface area contributed by atoms with E-state index in [1.165, 1.54) is 38.5 Å². The van der Waals surface area contributed by atoms with Crippen LogP contribution in [-0.2, 0) is 4.79 Å². The normalized spacial score (nSPS) is 33.3. The molecule has 0 radical (unpaired) electrons. The number of hydrogen-bond acceptors (Lipinski definition) is 3. The van der Waals surface area contributed by atoms with Crippen LogP contribution in [0.4, 0.5) is 0 Å². The summed E-state index contributed by atoms with van der Waals surface area (Å²) in [5.41, 5.74) is 0. The highest BCUT2D eigenvalue weighted by Crippen LogP contribution is 2.49. The van der Waals surface area contributed by atoms with Gasteiger partial charge in [-0.2, -0.15) is 0 Å². The number of rotatable bonds is 5. The zero-order valence-corrected chi connectivity index (χ0v) is 12.6. The number of thiazole rings is 1. The molecular formula is C16H22N2OS. The summed E-state index contributed by atoms with van der Waals surface area (Å²) in [6, 6.07) is 0.182. The van der Waals surface area contributed by atoms with Gasteiger partial charge in [-0.05, 0) is 55.8 Å². The van der Waals surface area contributed by atoms with Crippen LogP contribution in [0.25, 0.3) is 0 Å². The van der Waals surface area contributed by atoms with Crippen molar-refractivity contribution < 1.29 is 4.79 Å². The van der Waals surface area contributed by atoms with E-state index in [9.17, 15) is 4.79 Å². The lowest BCUT2D eigenvalue weighted by atomic mass is 9.86. The predicted molar refractivity (Wildman–Crippen MR) is 79.3 cm³/mol. The Labute approximate surface area is 124 Å². The summed E-state index contributed by atoms with van der Waals surface area (Å²) in [4.78, 5) is 16.8. The third kappa shape index (κ3) is 2.50. The van der Waals surface area contributed by atoms with Crippen LogP contribution in [0.3, 0.4) is 0 Å². The van der Waals surface area contributed by atoms with E-state index in [4.69, 9.17) is 0 Å². The Hall–Kier alpha value is -0.900. The number of aromatic nitrogens is 1. The van der Waals surface area contributed by atoms with Crippen molar-refractivity contribution in [2.45, 2.75) is 51.0 Å². The molecule has 0 saturated heterocycles. The lowest BCUT2D eigenvalue weighted by Gasteiger charge is -2.22. The maximum Gasteiger partial charge on any atom is 0.220 e. The topological polar surface area (TPSA) is 42.0 Å². The molecule has 0 spiro atoms. The molecule has 4 atom stereocenters. The molecule has 1 amide bonds. The van der Waals surface area contributed by atoms with Crippen molar-refractivity contribution in [2.24, 2.45) is 23.7 Å². The van der Waals surface area contributed by atoms with Crippen LogP contribution >= 0.6 is 11.3 Å². The molecule has 4 rings (SSSR count). The number of hydrogen-bond donors (Lipinski definition) is 1. The molecule has 1 heterocycles. The van der Waals surface area contributed by atoms with Crippen LogP contribution in [0.5, 0.6) is 0 Å². The molecule has 0 aromatic carbocycles. The van der Waals surface area contributed by atoms with Crippen LogP contribution in [-0.4, -0.2) is 10.9 Å². The van der Waals surface area contributed by atoms with Gasteiger partial charge in [0.15, 0.2) is 0 Å². The van der Waals surface area contributed by atoms with Gasteiger partial charge in [0.2, 0.25) is 5.91 Å². The Morgan fingerprint density at radius 2 is 2.25 bits per heavy atom. The fourth-order valence-corrected chi connectivity index (χ4v) is 5.08. The highest BCUT2D eigenvalue weighted by atomic mass is 32.1. The van der Waals surface area contributed by atoms with Crippen LogP contribution in [0.2, 0.25) is 0 Å². The van der Waals surface area contributed by atoms with Crippen molar-refractivity contribution in [2.75, 3.05) is 0 Å². The Balaban J connectivity index is 1.36. The van der Waals surface area contributed by atoms with Gasteiger partial charge in [-0.3, -0.25) is 4.79 Å². The van der Waals surface area contributed by atoms with Crippen molar-refractivity contribution in [1.29, 1.82) is 0 Å². The lowest BCUT2D eigenvalue weighted by molar-refractivity contribution is -0.123. The molecule has 3 saturated carbocycles. The molecule has 3 aliphatic carbocycles. The number of nitrogens with one attached hydrogen (secondary N) is 1. The first-order valence-corrected chi connectivity index (χ1v) is 8.86. The van der Waals surface area contributed by atoms with Crippen LogP contribution in [0.15, 0.2) is 11.6 Å². The van der Waals surface area contributed by atoms with Crippen molar-refractivity contribution in [1.82, 2.24) is 10.3 Å². The molecule has 3 aliphatic rings. The Morgan fingerprint density at radius 3 is 2.85 bits per heavy atom. The van der Waals surface area contributed by atoms with E-state index >= 15 is 0 Å². The van der Waals surface area contributed by atoms with Gasteiger partial charge in [0.1, 0.15) is 5.01 Å². The average Bonchev–Trinajstić information content (AvgIpc) is 2.88. The van der Waals surface area contributed by atoms with Gasteiger partial charge in [0, 0.05) is 18.0 Å². The van der Waals surface area contributed by atoms with Gasteiger partial charge < -0.3 is 5.32 Å².